The van der Waals surface area contributed by atoms with E-state index in [4.69, 9.17) is 9.84 Å². The van der Waals surface area contributed by atoms with E-state index in [1.807, 2.05) is 19.9 Å². The fourth-order valence-electron chi connectivity index (χ4n) is 1.86. The number of ketones is 1. The van der Waals surface area contributed by atoms with E-state index in [0.717, 1.165) is 11.6 Å². The first kappa shape index (κ1) is 12.4. The van der Waals surface area contributed by atoms with E-state index in [0.29, 0.717) is 17.2 Å². The van der Waals surface area contributed by atoms with E-state index >= 15 is 0 Å². The summed E-state index contributed by atoms with van der Waals surface area (Å²) in [5.41, 5.74) is 1.65. The lowest BCUT2D eigenvalue weighted by atomic mass is 9.94. The molecule has 18 heavy (non-hydrogen) atoms. The molecule has 0 aromatic heterocycles. The van der Waals surface area contributed by atoms with Crippen molar-refractivity contribution in [3.8, 4) is 5.75 Å². The van der Waals surface area contributed by atoms with Crippen LogP contribution in [0, 0.1) is 0 Å². The van der Waals surface area contributed by atoms with Crippen molar-refractivity contribution in [2.45, 2.75) is 19.8 Å². The van der Waals surface area contributed by atoms with Gasteiger partial charge in [-0.15, -0.1) is 0 Å². The first-order valence-corrected chi connectivity index (χ1v) is 5.74. The van der Waals surface area contributed by atoms with E-state index in [9.17, 15) is 9.59 Å². The molecule has 0 bridgehead atoms. The molecule has 0 amide bonds. The lowest BCUT2D eigenvalue weighted by molar-refractivity contribution is -0.131. The molecular weight excluding hydrogens is 232 g/mol. The van der Waals surface area contributed by atoms with Gasteiger partial charge in [0.1, 0.15) is 12.4 Å². The quantitative estimate of drug-likeness (QED) is 0.814. The average molecular weight is 246 g/mol. The Morgan fingerprint density at radius 3 is 2.78 bits per heavy atom. The number of benzene rings is 1. The number of fused-ring (bicyclic) bond motifs is 1. The Kier molecular flexibility index (Phi) is 3.19. The summed E-state index contributed by atoms with van der Waals surface area (Å²) < 4.78 is 5.39. The van der Waals surface area contributed by atoms with E-state index in [1.165, 1.54) is 0 Å². The molecule has 0 spiro atoms. The lowest BCUT2D eigenvalue weighted by Crippen LogP contribution is -2.20. The molecule has 1 aliphatic heterocycles. The first-order valence-electron chi connectivity index (χ1n) is 5.74. The van der Waals surface area contributed by atoms with Crippen LogP contribution in [0.15, 0.2) is 29.8 Å². The fourth-order valence-corrected chi connectivity index (χ4v) is 1.86. The minimum Gasteiger partial charge on any atom is -0.488 e. The highest BCUT2D eigenvalue weighted by molar-refractivity contribution is 6.13. The minimum atomic E-state index is -1.13. The van der Waals surface area contributed by atoms with E-state index in [2.05, 4.69) is 0 Å². The van der Waals surface area contributed by atoms with Crippen LogP contribution in [0.5, 0.6) is 5.75 Å². The summed E-state index contributed by atoms with van der Waals surface area (Å²) in [7, 11) is 0. The Balaban J connectivity index is 2.44. The van der Waals surface area contributed by atoms with Crippen LogP contribution in [-0.2, 0) is 4.79 Å². The van der Waals surface area contributed by atoms with Gasteiger partial charge in [0, 0.05) is 11.6 Å². The summed E-state index contributed by atoms with van der Waals surface area (Å²) in [5, 5.41) is 8.69. The minimum absolute atomic E-state index is 0.0131. The van der Waals surface area contributed by atoms with Crippen LogP contribution in [0.25, 0.3) is 0 Å². The summed E-state index contributed by atoms with van der Waals surface area (Å²) in [6, 6.07) is 5.46. The molecule has 0 unspecified atom stereocenters. The van der Waals surface area contributed by atoms with Gasteiger partial charge in [-0.25, -0.2) is 4.79 Å². The molecule has 1 N–H and O–H groups in total. The van der Waals surface area contributed by atoms with Crippen molar-refractivity contribution >= 4 is 11.8 Å². The van der Waals surface area contributed by atoms with E-state index in [1.54, 1.807) is 12.1 Å². The van der Waals surface area contributed by atoms with Gasteiger partial charge in [0.05, 0.1) is 5.56 Å². The third-order valence-electron chi connectivity index (χ3n) is 2.89. The number of rotatable bonds is 2. The Bertz CT molecular complexity index is 541. The van der Waals surface area contributed by atoms with Crippen LogP contribution in [0.1, 0.15) is 35.7 Å². The fraction of sp³-hybridized carbons (Fsp3) is 0.286. The smallest absolute Gasteiger partial charge is 0.328 e. The Labute approximate surface area is 105 Å². The van der Waals surface area contributed by atoms with Gasteiger partial charge in [0.2, 0.25) is 0 Å². The third-order valence-corrected chi connectivity index (χ3v) is 2.89. The van der Waals surface area contributed by atoms with Gasteiger partial charge >= 0.3 is 5.97 Å². The third kappa shape index (κ3) is 2.27. The van der Waals surface area contributed by atoms with Crippen molar-refractivity contribution in [3.63, 3.8) is 0 Å². The Morgan fingerprint density at radius 1 is 1.44 bits per heavy atom. The summed E-state index contributed by atoms with van der Waals surface area (Å²) in [6.45, 7) is 4.08. The maximum Gasteiger partial charge on any atom is 0.328 e. The van der Waals surface area contributed by atoms with E-state index < -0.39 is 5.97 Å². The van der Waals surface area contributed by atoms with Crippen LogP contribution >= 0.6 is 0 Å². The Morgan fingerprint density at radius 2 is 2.17 bits per heavy atom. The number of ether oxygens (including phenoxy) is 1. The molecular formula is C14H14O4. The van der Waals surface area contributed by atoms with Crippen molar-refractivity contribution in [1.29, 1.82) is 0 Å². The van der Waals surface area contributed by atoms with Gasteiger partial charge in [-0.05, 0) is 23.6 Å². The molecule has 0 saturated carbocycles. The summed E-state index contributed by atoms with van der Waals surface area (Å²) in [6.07, 6.45) is 0.910. The van der Waals surface area contributed by atoms with Crippen LogP contribution in [-0.4, -0.2) is 23.5 Å². The molecule has 1 aromatic carbocycles. The van der Waals surface area contributed by atoms with Gasteiger partial charge in [-0.2, -0.15) is 0 Å². The van der Waals surface area contributed by atoms with Crippen LogP contribution in [0.3, 0.4) is 0 Å². The van der Waals surface area contributed by atoms with Gasteiger partial charge in [0.25, 0.3) is 0 Å². The molecule has 0 aliphatic carbocycles. The zero-order valence-electron chi connectivity index (χ0n) is 10.3. The maximum atomic E-state index is 12.1. The molecule has 94 valence electrons. The standard InChI is InChI=1S/C14H14O4/c1-8(2)9-3-4-12-11(5-9)14(17)10(7-18-12)6-13(15)16/h3-6,8H,7H2,1-2H3,(H,15,16). The molecule has 0 saturated heterocycles. The molecule has 0 fully saturated rings. The largest absolute Gasteiger partial charge is 0.488 e. The Hall–Kier alpha value is -2.10. The highest BCUT2D eigenvalue weighted by Gasteiger charge is 2.24. The highest BCUT2D eigenvalue weighted by atomic mass is 16.5. The van der Waals surface area contributed by atoms with Gasteiger partial charge in [-0.3, -0.25) is 4.79 Å². The number of carbonyl (C=O) groups is 2. The zero-order valence-corrected chi connectivity index (χ0v) is 10.3. The van der Waals surface area contributed by atoms with Gasteiger partial charge < -0.3 is 9.84 Å². The summed E-state index contributed by atoms with van der Waals surface area (Å²) in [5.74, 6) is -0.574. The number of carbonyl (C=O) groups excluding carboxylic acids is 1. The molecule has 0 radical (unpaired) electrons. The van der Waals surface area contributed by atoms with Gasteiger partial charge in [-0.1, -0.05) is 19.9 Å². The second kappa shape index (κ2) is 4.64. The topological polar surface area (TPSA) is 63.6 Å². The first-order chi connectivity index (χ1) is 8.49. The average Bonchev–Trinajstić information content (AvgIpc) is 2.32. The normalized spacial score (nSPS) is 16.6. The molecule has 1 heterocycles. The molecule has 1 aromatic rings. The number of carboxylic acid groups (broad SMARTS) is 1. The number of carboxylic acids is 1. The predicted octanol–water partition coefficient (Wildman–Crippen LogP) is 2.40. The van der Waals surface area contributed by atoms with Crippen molar-refractivity contribution in [3.05, 3.63) is 41.0 Å². The van der Waals surface area contributed by atoms with Crippen molar-refractivity contribution < 1.29 is 19.4 Å². The van der Waals surface area contributed by atoms with Crippen molar-refractivity contribution in [2.24, 2.45) is 0 Å². The second-order valence-corrected chi connectivity index (χ2v) is 4.54. The number of aliphatic carboxylic acids is 1. The lowest BCUT2D eigenvalue weighted by Gasteiger charge is -2.19. The molecule has 4 heteroatoms. The molecule has 2 rings (SSSR count). The summed E-state index contributed by atoms with van der Waals surface area (Å²) >= 11 is 0. The summed E-state index contributed by atoms with van der Waals surface area (Å²) in [4.78, 5) is 22.7. The maximum absolute atomic E-state index is 12.1. The molecule has 0 atom stereocenters. The van der Waals surface area contributed by atoms with Crippen LogP contribution in [0.2, 0.25) is 0 Å². The van der Waals surface area contributed by atoms with Gasteiger partial charge in [0.15, 0.2) is 5.78 Å². The monoisotopic (exact) mass is 246 g/mol. The molecule has 1 aliphatic rings. The number of Topliss-reactive ketones (excluding diaryl/α,β-unsaturated/α-hetero) is 1. The highest BCUT2D eigenvalue weighted by Crippen LogP contribution is 2.30. The SMILES string of the molecule is CC(C)c1ccc2c(c1)C(=O)C(=CC(=O)O)CO2. The molecule has 4 nitrogen and oxygen atoms in total. The van der Waals surface area contributed by atoms with E-state index in [-0.39, 0.29) is 18.0 Å². The predicted molar refractivity (Wildman–Crippen MR) is 66.1 cm³/mol. The zero-order chi connectivity index (χ0) is 13.3. The van der Waals surface area contributed by atoms with Crippen molar-refractivity contribution in [1.82, 2.24) is 0 Å². The number of hydrogen-bond acceptors (Lipinski definition) is 3. The second-order valence-electron chi connectivity index (χ2n) is 4.54. The van der Waals surface area contributed by atoms with Crippen molar-refractivity contribution in [2.75, 3.05) is 6.61 Å². The number of hydrogen-bond donors (Lipinski definition) is 1. The van der Waals surface area contributed by atoms with Crippen LogP contribution in [0.4, 0.5) is 0 Å². The van der Waals surface area contributed by atoms with Crippen LogP contribution < -0.4 is 4.74 Å².